The number of anilines is 1. The van der Waals surface area contributed by atoms with Gasteiger partial charge in [-0.2, -0.15) is 0 Å². The van der Waals surface area contributed by atoms with Crippen LogP contribution >= 0.6 is 0 Å². The van der Waals surface area contributed by atoms with Crippen molar-refractivity contribution in [2.24, 2.45) is 0 Å². The van der Waals surface area contributed by atoms with Gasteiger partial charge in [-0.25, -0.2) is 14.8 Å². The Morgan fingerprint density at radius 2 is 2.00 bits per heavy atom. The van der Waals surface area contributed by atoms with Crippen molar-refractivity contribution in [3.8, 4) is 0 Å². The molecule has 0 radical (unpaired) electrons. The van der Waals surface area contributed by atoms with Crippen molar-refractivity contribution >= 4 is 11.8 Å². The molecule has 6 nitrogen and oxygen atoms in total. The van der Waals surface area contributed by atoms with Crippen molar-refractivity contribution in [2.75, 3.05) is 5.32 Å². The molecule has 0 aliphatic heterocycles. The second kappa shape index (κ2) is 6.10. The third-order valence-corrected chi connectivity index (χ3v) is 2.70. The standard InChI is InChI=1S/C14H16N4O2/c1-9(2)13-17-11(14(19)20)7-12(18-13)16-8-10-3-5-15-6-4-10/h3-7,9H,8H2,1-2H3,(H,19,20)(H,16,17,18). The lowest BCUT2D eigenvalue weighted by Crippen LogP contribution is -2.10. The third-order valence-electron chi connectivity index (χ3n) is 2.70. The molecule has 0 aromatic carbocycles. The van der Waals surface area contributed by atoms with Crippen LogP contribution in [0.2, 0.25) is 0 Å². The number of pyridine rings is 1. The highest BCUT2D eigenvalue weighted by Crippen LogP contribution is 2.15. The third kappa shape index (κ3) is 3.50. The van der Waals surface area contributed by atoms with Gasteiger partial charge in [0.05, 0.1) is 0 Å². The van der Waals surface area contributed by atoms with Crippen LogP contribution in [-0.4, -0.2) is 26.0 Å². The van der Waals surface area contributed by atoms with Crippen LogP contribution in [0, 0.1) is 0 Å². The van der Waals surface area contributed by atoms with Gasteiger partial charge < -0.3 is 10.4 Å². The van der Waals surface area contributed by atoms with E-state index in [0.717, 1.165) is 5.56 Å². The Hall–Kier alpha value is -2.50. The summed E-state index contributed by atoms with van der Waals surface area (Å²) in [5.74, 6) is 0.0390. The molecule has 0 aliphatic rings. The minimum atomic E-state index is -1.05. The van der Waals surface area contributed by atoms with Gasteiger partial charge in [-0.15, -0.1) is 0 Å². The zero-order valence-corrected chi connectivity index (χ0v) is 11.4. The van der Waals surface area contributed by atoms with Crippen molar-refractivity contribution in [1.82, 2.24) is 15.0 Å². The molecule has 6 heteroatoms. The number of carbonyl (C=O) groups is 1. The quantitative estimate of drug-likeness (QED) is 0.868. The van der Waals surface area contributed by atoms with E-state index in [2.05, 4.69) is 20.3 Å². The van der Waals surface area contributed by atoms with Crippen LogP contribution in [0.1, 0.15) is 41.6 Å². The van der Waals surface area contributed by atoms with Gasteiger partial charge in [0.2, 0.25) is 0 Å². The van der Waals surface area contributed by atoms with Gasteiger partial charge in [-0.05, 0) is 17.7 Å². The number of carboxylic acid groups (broad SMARTS) is 1. The summed E-state index contributed by atoms with van der Waals surface area (Å²) >= 11 is 0. The van der Waals surface area contributed by atoms with Gasteiger partial charge in [-0.1, -0.05) is 13.8 Å². The number of aromatic nitrogens is 3. The van der Waals surface area contributed by atoms with Gasteiger partial charge in [0.25, 0.3) is 0 Å². The number of nitrogens with zero attached hydrogens (tertiary/aromatic N) is 3. The second-order valence-electron chi connectivity index (χ2n) is 4.67. The van der Waals surface area contributed by atoms with Crippen LogP contribution < -0.4 is 5.32 Å². The highest BCUT2D eigenvalue weighted by atomic mass is 16.4. The van der Waals surface area contributed by atoms with Gasteiger partial charge in [0.15, 0.2) is 5.69 Å². The molecule has 20 heavy (non-hydrogen) atoms. The Balaban J connectivity index is 2.20. The predicted molar refractivity (Wildman–Crippen MR) is 74.6 cm³/mol. The maximum atomic E-state index is 11.1. The number of hydrogen-bond donors (Lipinski definition) is 2. The minimum Gasteiger partial charge on any atom is -0.477 e. The lowest BCUT2D eigenvalue weighted by molar-refractivity contribution is 0.0690. The molecule has 0 fully saturated rings. The topological polar surface area (TPSA) is 88.0 Å². The lowest BCUT2D eigenvalue weighted by atomic mass is 10.2. The number of aromatic carboxylic acids is 1. The number of carboxylic acids is 1. The summed E-state index contributed by atoms with van der Waals surface area (Å²) in [4.78, 5) is 23.4. The minimum absolute atomic E-state index is 0.000860. The van der Waals surface area contributed by atoms with Gasteiger partial charge in [0.1, 0.15) is 11.6 Å². The van der Waals surface area contributed by atoms with E-state index in [0.29, 0.717) is 18.2 Å². The van der Waals surface area contributed by atoms with Gasteiger partial charge in [-0.3, -0.25) is 4.98 Å². The monoisotopic (exact) mass is 272 g/mol. The van der Waals surface area contributed by atoms with Crippen molar-refractivity contribution < 1.29 is 9.90 Å². The predicted octanol–water partition coefficient (Wildman–Crippen LogP) is 2.31. The first-order valence-corrected chi connectivity index (χ1v) is 6.31. The first kappa shape index (κ1) is 13.9. The molecule has 2 rings (SSSR count). The van der Waals surface area contributed by atoms with E-state index in [1.165, 1.54) is 6.07 Å². The Morgan fingerprint density at radius 3 is 2.60 bits per heavy atom. The average molecular weight is 272 g/mol. The van der Waals surface area contributed by atoms with Crippen molar-refractivity contribution in [3.63, 3.8) is 0 Å². The van der Waals surface area contributed by atoms with Crippen molar-refractivity contribution in [3.05, 3.63) is 47.7 Å². The molecule has 2 aromatic heterocycles. The normalized spacial score (nSPS) is 10.6. The molecule has 2 heterocycles. The smallest absolute Gasteiger partial charge is 0.354 e. The highest BCUT2D eigenvalue weighted by Gasteiger charge is 2.12. The van der Waals surface area contributed by atoms with Crippen LogP contribution in [0.15, 0.2) is 30.6 Å². The molecule has 0 unspecified atom stereocenters. The van der Waals surface area contributed by atoms with Crippen molar-refractivity contribution in [2.45, 2.75) is 26.3 Å². The van der Waals surface area contributed by atoms with Crippen LogP contribution in [0.25, 0.3) is 0 Å². The van der Waals surface area contributed by atoms with E-state index in [1.807, 2.05) is 26.0 Å². The van der Waals surface area contributed by atoms with E-state index in [1.54, 1.807) is 12.4 Å². The summed E-state index contributed by atoms with van der Waals surface area (Å²) in [5.41, 5.74) is 1.04. The molecule has 0 aliphatic carbocycles. The fourth-order valence-electron chi connectivity index (χ4n) is 1.62. The summed E-state index contributed by atoms with van der Waals surface area (Å²) < 4.78 is 0. The molecule has 0 spiro atoms. The first-order valence-electron chi connectivity index (χ1n) is 6.31. The van der Waals surface area contributed by atoms with Gasteiger partial charge >= 0.3 is 5.97 Å². The van der Waals surface area contributed by atoms with Crippen molar-refractivity contribution in [1.29, 1.82) is 0 Å². The Labute approximate surface area is 116 Å². The Bertz CT molecular complexity index is 599. The Morgan fingerprint density at radius 1 is 1.30 bits per heavy atom. The van der Waals surface area contributed by atoms with E-state index in [-0.39, 0.29) is 11.6 Å². The fourth-order valence-corrected chi connectivity index (χ4v) is 1.62. The van der Waals surface area contributed by atoms with E-state index >= 15 is 0 Å². The number of nitrogens with one attached hydrogen (secondary N) is 1. The summed E-state index contributed by atoms with van der Waals surface area (Å²) in [7, 11) is 0. The van der Waals surface area contributed by atoms with Crippen LogP contribution in [0.3, 0.4) is 0 Å². The zero-order chi connectivity index (χ0) is 14.5. The fraction of sp³-hybridized carbons (Fsp3) is 0.286. The van der Waals surface area contributed by atoms with E-state index < -0.39 is 5.97 Å². The molecule has 0 saturated heterocycles. The van der Waals surface area contributed by atoms with E-state index in [4.69, 9.17) is 5.11 Å². The maximum absolute atomic E-state index is 11.1. The second-order valence-corrected chi connectivity index (χ2v) is 4.67. The molecule has 0 bridgehead atoms. The summed E-state index contributed by atoms with van der Waals surface area (Å²) in [6, 6.07) is 5.21. The molecular weight excluding hydrogens is 256 g/mol. The zero-order valence-electron chi connectivity index (χ0n) is 11.4. The molecular formula is C14H16N4O2. The number of rotatable bonds is 5. The van der Waals surface area contributed by atoms with Crippen LogP contribution in [0.5, 0.6) is 0 Å². The average Bonchev–Trinajstić information content (AvgIpc) is 2.45. The number of hydrogen-bond acceptors (Lipinski definition) is 5. The highest BCUT2D eigenvalue weighted by molar-refractivity contribution is 5.86. The van der Waals surface area contributed by atoms with Crippen LogP contribution in [0.4, 0.5) is 5.82 Å². The summed E-state index contributed by atoms with van der Waals surface area (Å²) in [5, 5.41) is 12.2. The molecule has 2 aromatic rings. The molecule has 0 amide bonds. The summed E-state index contributed by atoms with van der Waals surface area (Å²) in [6.07, 6.45) is 3.42. The molecule has 2 N–H and O–H groups in total. The lowest BCUT2D eigenvalue weighted by Gasteiger charge is -2.10. The molecule has 0 atom stereocenters. The largest absolute Gasteiger partial charge is 0.477 e. The van der Waals surface area contributed by atoms with Gasteiger partial charge in [0, 0.05) is 30.9 Å². The maximum Gasteiger partial charge on any atom is 0.354 e. The molecule has 0 saturated carbocycles. The Kier molecular flexibility index (Phi) is 4.24. The van der Waals surface area contributed by atoms with E-state index in [9.17, 15) is 4.79 Å². The molecule has 104 valence electrons. The summed E-state index contributed by atoms with van der Waals surface area (Å²) in [6.45, 7) is 4.40. The SMILES string of the molecule is CC(C)c1nc(NCc2ccncc2)cc(C(=O)O)n1. The van der Waals surface area contributed by atoms with Crippen LogP contribution in [-0.2, 0) is 6.54 Å². The first-order chi connectivity index (χ1) is 9.56.